The molecule has 3 aromatic heterocycles. The van der Waals surface area contributed by atoms with Crippen LogP contribution in [0.25, 0.3) is 16.9 Å². The van der Waals surface area contributed by atoms with Crippen LogP contribution in [0.15, 0.2) is 60.2 Å². The van der Waals surface area contributed by atoms with Crippen LogP contribution in [0.2, 0.25) is 0 Å². The van der Waals surface area contributed by atoms with Gasteiger partial charge in [0, 0.05) is 23.9 Å². The first kappa shape index (κ1) is 20.6. The molecular formula is C25H24N4O2S. The number of rotatable bonds is 7. The zero-order valence-electron chi connectivity index (χ0n) is 17.7. The largest absolute Gasteiger partial charge is 0.326 e. The van der Waals surface area contributed by atoms with Gasteiger partial charge in [0.1, 0.15) is 0 Å². The van der Waals surface area contributed by atoms with Gasteiger partial charge in [0.15, 0.2) is 5.65 Å². The summed E-state index contributed by atoms with van der Waals surface area (Å²) >= 11 is 1.40. The number of thiophene rings is 1. The van der Waals surface area contributed by atoms with Crippen LogP contribution >= 0.6 is 11.3 Å². The molecule has 0 radical (unpaired) electrons. The predicted octanol–water partition coefficient (Wildman–Crippen LogP) is 5.60. The lowest BCUT2D eigenvalue weighted by Gasteiger charge is -2.11. The minimum absolute atomic E-state index is 0.0526. The molecule has 0 saturated heterocycles. The van der Waals surface area contributed by atoms with Crippen LogP contribution in [0, 0.1) is 5.92 Å². The Morgan fingerprint density at radius 2 is 2.00 bits per heavy atom. The molecule has 5 rings (SSSR count). The third kappa shape index (κ3) is 4.21. The predicted molar refractivity (Wildman–Crippen MR) is 126 cm³/mol. The van der Waals surface area contributed by atoms with Gasteiger partial charge >= 0.3 is 0 Å². The average molecular weight is 445 g/mol. The molecule has 1 aliphatic carbocycles. The summed E-state index contributed by atoms with van der Waals surface area (Å²) in [5.41, 5.74) is 3.45. The molecule has 1 aliphatic rings. The number of hydrogen-bond acceptors (Lipinski definition) is 5. The van der Waals surface area contributed by atoms with E-state index in [0.29, 0.717) is 28.4 Å². The summed E-state index contributed by atoms with van der Waals surface area (Å²) in [5, 5.41) is 9.35. The third-order valence-electron chi connectivity index (χ3n) is 6.09. The van der Waals surface area contributed by atoms with Crippen molar-refractivity contribution in [2.75, 3.05) is 5.32 Å². The monoisotopic (exact) mass is 444 g/mol. The van der Waals surface area contributed by atoms with Gasteiger partial charge in [-0.2, -0.15) is 5.10 Å². The van der Waals surface area contributed by atoms with Crippen LogP contribution in [-0.2, 0) is 4.79 Å². The van der Waals surface area contributed by atoms with Crippen LogP contribution in [0.5, 0.6) is 0 Å². The second-order valence-corrected chi connectivity index (χ2v) is 9.20. The van der Waals surface area contributed by atoms with E-state index in [2.05, 4.69) is 15.4 Å². The Hall–Kier alpha value is -3.32. The highest BCUT2D eigenvalue weighted by Gasteiger charge is 2.19. The minimum atomic E-state index is -0.0806. The van der Waals surface area contributed by atoms with Crippen molar-refractivity contribution in [2.45, 2.75) is 38.5 Å². The summed E-state index contributed by atoms with van der Waals surface area (Å²) in [5.74, 6) is 0.669. The van der Waals surface area contributed by atoms with E-state index in [1.165, 1.54) is 37.0 Å². The summed E-state index contributed by atoms with van der Waals surface area (Å²) in [6, 6.07) is 13.2. The van der Waals surface area contributed by atoms with Crippen molar-refractivity contribution < 1.29 is 9.59 Å². The maximum atomic E-state index is 12.8. The number of anilines is 1. The number of amides is 1. The van der Waals surface area contributed by atoms with Crippen molar-refractivity contribution in [1.29, 1.82) is 0 Å². The molecule has 1 aromatic carbocycles. The van der Waals surface area contributed by atoms with Crippen LogP contribution in [0.1, 0.15) is 53.8 Å². The number of carbonyl (C=O) groups excluding carboxylic acids is 2. The number of benzene rings is 1. The highest BCUT2D eigenvalue weighted by atomic mass is 32.1. The smallest absolute Gasteiger partial charge is 0.224 e. The molecule has 0 unspecified atom stereocenters. The third-order valence-corrected chi connectivity index (χ3v) is 6.96. The van der Waals surface area contributed by atoms with Crippen LogP contribution in [0.4, 0.5) is 5.69 Å². The van der Waals surface area contributed by atoms with Gasteiger partial charge in [-0.3, -0.25) is 9.59 Å². The van der Waals surface area contributed by atoms with E-state index in [1.807, 2.05) is 41.8 Å². The second-order valence-electron chi connectivity index (χ2n) is 8.25. The van der Waals surface area contributed by atoms with Crippen LogP contribution in [-0.4, -0.2) is 26.3 Å². The van der Waals surface area contributed by atoms with E-state index in [-0.39, 0.29) is 11.7 Å². The number of hydrogen-bond donors (Lipinski definition) is 1. The molecule has 3 heterocycles. The van der Waals surface area contributed by atoms with Crippen LogP contribution in [0.3, 0.4) is 0 Å². The van der Waals surface area contributed by atoms with Gasteiger partial charge in [0.25, 0.3) is 0 Å². The molecule has 0 bridgehead atoms. The van der Waals surface area contributed by atoms with E-state index in [9.17, 15) is 9.59 Å². The Balaban J connectivity index is 1.37. The van der Waals surface area contributed by atoms with Crippen molar-refractivity contribution in [3.8, 4) is 11.3 Å². The van der Waals surface area contributed by atoms with Gasteiger partial charge in [-0.25, -0.2) is 9.50 Å². The van der Waals surface area contributed by atoms with Crippen molar-refractivity contribution in [3.05, 3.63) is 70.7 Å². The molecule has 162 valence electrons. The SMILES string of the molecule is O=C(CCC1CCCC1)Nc1cccc(-c2ccnc3c(C(=O)c4cccs4)cnn23)c1. The van der Waals surface area contributed by atoms with E-state index >= 15 is 0 Å². The molecule has 4 aromatic rings. The molecule has 1 saturated carbocycles. The summed E-state index contributed by atoms with van der Waals surface area (Å²) in [6.45, 7) is 0. The summed E-state index contributed by atoms with van der Waals surface area (Å²) in [6.07, 6.45) is 9.87. The summed E-state index contributed by atoms with van der Waals surface area (Å²) < 4.78 is 1.68. The van der Waals surface area contributed by atoms with E-state index in [4.69, 9.17) is 0 Å². The van der Waals surface area contributed by atoms with E-state index in [1.54, 1.807) is 23.0 Å². The zero-order valence-corrected chi connectivity index (χ0v) is 18.5. The van der Waals surface area contributed by atoms with E-state index < -0.39 is 0 Å². The molecular weight excluding hydrogens is 420 g/mol. The number of aromatic nitrogens is 3. The molecule has 1 N–H and O–H groups in total. The first-order chi connectivity index (χ1) is 15.7. The Morgan fingerprint density at radius 3 is 2.81 bits per heavy atom. The fourth-order valence-electron chi connectivity index (χ4n) is 4.42. The Labute approximate surface area is 190 Å². The second kappa shape index (κ2) is 9.04. The molecule has 1 amide bonds. The number of fused-ring (bicyclic) bond motifs is 1. The van der Waals surface area contributed by atoms with Gasteiger partial charge in [-0.15, -0.1) is 11.3 Å². The average Bonchev–Trinajstić information content (AvgIpc) is 3.59. The fraction of sp³-hybridized carbons (Fsp3) is 0.280. The standard InChI is InChI=1S/C25H24N4O2S/c30-23(11-10-17-5-1-2-6-17)28-19-8-3-7-18(15-19)21-12-13-26-25-20(16-27-29(21)25)24(31)22-9-4-14-32-22/h3-4,7-9,12-17H,1-2,5-6,10-11H2,(H,28,30). The van der Waals surface area contributed by atoms with Gasteiger partial charge < -0.3 is 5.32 Å². The molecule has 1 fully saturated rings. The number of ketones is 1. The number of nitrogens with one attached hydrogen (secondary N) is 1. The Kier molecular flexibility index (Phi) is 5.81. The van der Waals surface area contributed by atoms with Crippen molar-refractivity contribution in [1.82, 2.24) is 14.6 Å². The first-order valence-electron chi connectivity index (χ1n) is 11.0. The van der Waals surface area contributed by atoms with E-state index in [0.717, 1.165) is 23.4 Å². The number of carbonyl (C=O) groups is 2. The van der Waals surface area contributed by atoms with Gasteiger partial charge in [-0.1, -0.05) is 43.9 Å². The lowest BCUT2D eigenvalue weighted by molar-refractivity contribution is -0.116. The quantitative estimate of drug-likeness (QED) is 0.377. The van der Waals surface area contributed by atoms with Gasteiger partial charge in [-0.05, 0) is 42.0 Å². The van der Waals surface area contributed by atoms with Crippen molar-refractivity contribution in [2.24, 2.45) is 5.92 Å². The molecule has 6 nitrogen and oxygen atoms in total. The highest BCUT2D eigenvalue weighted by molar-refractivity contribution is 7.12. The molecule has 0 aliphatic heterocycles. The molecule has 7 heteroatoms. The van der Waals surface area contributed by atoms with Crippen LogP contribution < -0.4 is 5.32 Å². The molecule has 0 spiro atoms. The molecule has 32 heavy (non-hydrogen) atoms. The lowest BCUT2D eigenvalue weighted by Crippen LogP contribution is -2.12. The maximum absolute atomic E-state index is 12.8. The summed E-state index contributed by atoms with van der Waals surface area (Å²) in [4.78, 5) is 30.3. The first-order valence-corrected chi connectivity index (χ1v) is 11.9. The lowest BCUT2D eigenvalue weighted by atomic mass is 10.0. The minimum Gasteiger partial charge on any atom is -0.326 e. The Morgan fingerprint density at radius 1 is 1.12 bits per heavy atom. The van der Waals surface area contributed by atoms with Gasteiger partial charge in [0.2, 0.25) is 11.7 Å². The fourth-order valence-corrected chi connectivity index (χ4v) is 5.10. The topological polar surface area (TPSA) is 76.4 Å². The number of nitrogens with zero attached hydrogens (tertiary/aromatic N) is 3. The summed E-state index contributed by atoms with van der Waals surface area (Å²) in [7, 11) is 0. The zero-order chi connectivity index (χ0) is 21.9. The molecule has 0 atom stereocenters. The van der Waals surface area contributed by atoms with Crippen molar-refractivity contribution >= 4 is 34.4 Å². The Bertz CT molecular complexity index is 1260. The highest BCUT2D eigenvalue weighted by Crippen LogP contribution is 2.29. The van der Waals surface area contributed by atoms with Crippen molar-refractivity contribution in [3.63, 3.8) is 0 Å². The normalized spacial score (nSPS) is 14.1. The maximum Gasteiger partial charge on any atom is 0.224 e. The van der Waals surface area contributed by atoms with Gasteiger partial charge in [0.05, 0.1) is 22.3 Å².